The van der Waals surface area contributed by atoms with E-state index in [0.29, 0.717) is 6.54 Å². The largest absolute Gasteiger partial charge is 0.217 e. The quantitative estimate of drug-likeness (QED) is 0.767. The van der Waals surface area contributed by atoms with Gasteiger partial charge in [-0.2, -0.15) is 4.31 Å². The van der Waals surface area contributed by atoms with Gasteiger partial charge in [0.2, 0.25) is 10.0 Å². The molecule has 0 radical (unpaired) electrons. The van der Waals surface area contributed by atoms with E-state index in [-0.39, 0.29) is 5.88 Å². The molecule has 1 rings (SSSR count). The number of thiophene rings is 1. The molecule has 6 heteroatoms. The number of rotatable bonds is 5. The summed E-state index contributed by atoms with van der Waals surface area (Å²) in [5.41, 5.74) is 0. The number of alkyl halides is 1. The molecule has 86 valence electrons. The van der Waals surface area contributed by atoms with Crippen LogP contribution in [0, 0.1) is 0 Å². The highest BCUT2D eigenvalue weighted by molar-refractivity contribution is 7.89. The number of sulfonamides is 1. The van der Waals surface area contributed by atoms with Gasteiger partial charge in [0.15, 0.2) is 0 Å². The molecule has 15 heavy (non-hydrogen) atoms. The van der Waals surface area contributed by atoms with Crippen molar-refractivity contribution in [3.63, 3.8) is 0 Å². The summed E-state index contributed by atoms with van der Waals surface area (Å²) in [6.07, 6.45) is 0. The Labute approximate surface area is 99.7 Å². The molecule has 0 fully saturated rings. The van der Waals surface area contributed by atoms with Crippen LogP contribution in [-0.2, 0) is 16.6 Å². The fourth-order valence-electron chi connectivity index (χ4n) is 1.10. The zero-order valence-corrected chi connectivity index (χ0v) is 11.1. The van der Waals surface area contributed by atoms with Gasteiger partial charge in [-0.3, -0.25) is 0 Å². The Balaban J connectivity index is 2.72. The lowest BCUT2D eigenvalue weighted by Crippen LogP contribution is -2.34. The number of hydrogen-bond acceptors (Lipinski definition) is 3. The average molecular weight is 268 g/mol. The van der Waals surface area contributed by atoms with Crippen molar-refractivity contribution < 1.29 is 8.42 Å². The van der Waals surface area contributed by atoms with Gasteiger partial charge in [0.25, 0.3) is 0 Å². The van der Waals surface area contributed by atoms with Gasteiger partial charge < -0.3 is 0 Å². The first-order valence-electron chi connectivity index (χ1n) is 4.52. The molecule has 1 unspecified atom stereocenters. The fraction of sp³-hybridized carbons (Fsp3) is 0.556. The van der Waals surface area contributed by atoms with E-state index in [1.807, 2.05) is 17.5 Å². The minimum atomic E-state index is -3.26. The molecule has 1 atom stereocenters. The molecule has 0 saturated carbocycles. The third kappa shape index (κ3) is 3.17. The van der Waals surface area contributed by atoms with Gasteiger partial charge in [0.1, 0.15) is 0 Å². The van der Waals surface area contributed by atoms with Crippen LogP contribution >= 0.6 is 22.9 Å². The smallest absolute Gasteiger partial charge is 0.212 e. The van der Waals surface area contributed by atoms with Crippen molar-refractivity contribution in [1.29, 1.82) is 0 Å². The molecule has 0 spiro atoms. The standard InChI is InChI=1S/C9H14ClNO2S2/c1-8(6-10)15(12,13)11(2)7-9-4-3-5-14-9/h3-5,8H,6-7H2,1-2H3. The first-order valence-corrected chi connectivity index (χ1v) is 7.43. The summed E-state index contributed by atoms with van der Waals surface area (Å²) < 4.78 is 25.0. The second kappa shape index (κ2) is 5.30. The fourth-order valence-corrected chi connectivity index (χ4v) is 3.51. The molecule has 1 aromatic rings. The molecule has 0 aromatic carbocycles. The molecule has 1 aromatic heterocycles. The van der Waals surface area contributed by atoms with Crippen molar-refractivity contribution in [1.82, 2.24) is 4.31 Å². The van der Waals surface area contributed by atoms with E-state index in [1.165, 1.54) is 4.31 Å². The molecule has 0 amide bonds. The Morgan fingerprint density at radius 2 is 2.27 bits per heavy atom. The second-order valence-electron chi connectivity index (χ2n) is 3.35. The maximum absolute atomic E-state index is 11.8. The van der Waals surface area contributed by atoms with Gasteiger partial charge in [-0.05, 0) is 18.4 Å². The molecule has 3 nitrogen and oxygen atoms in total. The van der Waals surface area contributed by atoms with Crippen LogP contribution in [0.2, 0.25) is 0 Å². The number of nitrogens with zero attached hydrogens (tertiary/aromatic N) is 1. The molecule has 1 heterocycles. The van der Waals surface area contributed by atoms with Crippen molar-refractivity contribution in [2.24, 2.45) is 0 Å². The summed E-state index contributed by atoms with van der Waals surface area (Å²) >= 11 is 7.11. The Kier molecular flexibility index (Phi) is 4.58. The molecule has 0 aliphatic carbocycles. The molecule has 0 N–H and O–H groups in total. The van der Waals surface area contributed by atoms with Crippen LogP contribution in [0.5, 0.6) is 0 Å². The highest BCUT2D eigenvalue weighted by Crippen LogP contribution is 2.16. The average Bonchev–Trinajstić information content (AvgIpc) is 2.68. The predicted octanol–water partition coefficient (Wildman–Crippen LogP) is 2.14. The monoisotopic (exact) mass is 267 g/mol. The summed E-state index contributed by atoms with van der Waals surface area (Å²) in [4.78, 5) is 1.03. The second-order valence-corrected chi connectivity index (χ2v) is 7.14. The SMILES string of the molecule is CC(CCl)S(=O)(=O)N(C)Cc1cccs1. The van der Waals surface area contributed by atoms with Gasteiger partial charge >= 0.3 is 0 Å². The lowest BCUT2D eigenvalue weighted by molar-refractivity contribution is 0.463. The van der Waals surface area contributed by atoms with Crippen LogP contribution in [0.1, 0.15) is 11.8 Å². The lowest BCUT2D eigenvalue weighted by atomic mass is 10.5. The summed E-state index contributed by atoms with van der Waals surface area (Å²) in [6.45, 7) is 2.04. The predicted molar refractivity (Wildman–Crippen MR) is 64.9 cm³/mol. The highest BCUT2D eigenvalue weighted by atomic mass is 35.5. The van der Waals surface area contributed by atoms with Crippen LogP contribution in [0.15, 0.2) is 17.5 Å². The molecule has 0 aliphatic heterocycles. The van der Waals surface area contributed by atoms with Gasteiger partial charge in [0, 0.05) is 24.3 Å². The van der Waals surface area contributed by atoms with Crippen LogP contribution in [-0.4, -0.2) is 30.9 Å². The van der Waals surface area contributed by atoms with E-state index >= 15 is 0 Å². The van der Waals surface area contributed by atoms with Crippen molar-refractivity contribution in [2.45, 2.75) is 18.7 Å². The minimum Gasteiger partial charge on any atom is -0.212 e. The Morgan fingerprint density at radius 3 is 2.73 bits per heavy atom. The van der Waals surface area contributed by atoms with Gasteiger partial charge in [0.05, 0.1) is 5.25 Å². The lowest BCUT2D eigenvalue weighted by Gasteiger charge is -2.19. The normalized spacial score (nSPS) is 14.4. The maximum Gasteiger partial charge on any atom is 0.217 e. The summed E-state index contributed by atoms with van der Waals surface area (Å²) in [7, 11) is -1.68. The van der Waals surface area contributed by atoms with E-state index in [9.17, 15) is 8.42 Å². The summed E-state index contributed by atoms with van der Waals surface area (Å²) in [6, 6.07) is 3.83. The van der Waals surface area contributed by atoms with E-state index in [0.717, 1.165) is 4.88 Å². The topological polar surface area (TPSA) is 37.4 Å². The molecular formula is C9H14ClNO2S2. The van der Waals surface area contributed by atoms with E-state index in [4.69, 9.17) is 11.6 Å². The van der Waals surface area contributed by atoms with Crippen molar-refractivity contribution in [3.8, 4) is 0 Å². The summed E-state index contributed by atoms with van der Waals surface area (Å²) in [5, 5.41) is 1.39. The van der Waals surface area contributed by atoms with E-state index in [1.54, 1.807) is 25.3 Å². The Hall–Kier alpha value is -0.100. The molecular weight excluding hydrogens is 254 g/mol. The van der Waals surface area contributed by atoms with Gasteiger partial charge in [-0.15, -0.1) is 22.9 Å². The minimum absolute atomic E-state index is 0.122. The molecule has 0 bridgehead atoms. The van der Waals surface area contributed by atoms with Crippen LogP contribution in [0.4, 0.5) is 0 Å². The molecule has 0 aliphatic rings. The van der Waals surface area contributed by atoms with Crippen LogP contribution < -0.4 is 0 Å². The van der Waals surface area contributed by atoms with E-state index in [2.05, 4.69) is 0 Å². The van der Waals surface area contributed by atoms with Crippen LogP contribution in [0.25, 0.3) is 0 Å². The maximum atomic E-state index is 11.8. The first kappa shape index (κ1) is 13.0. The van der Waals surface area contributed by atoms with Crippen molar-refractivity contribution in [2.75, 3.05) is 12.9 Å². The van der Waals surface area contributed by atoms with Gasteiger partial charge in [-0.25, -0.2) is 8.42 Å². The zero-order chi connectivity index (χ0) is 11.5. The number of halogens is 1. The Morgan fingerprint density at radius 1 is 1.60 bits per heavy atom. The van der Waals surface area contributed by atoms with Crippen LogP contribution in [0.3, 0.4) is 0 Å². The van der Waals surface area contributed by atoms with Crippen molar-refractivity contribution >= 4 is 33.0 Å². The third-order valence-electron chi connectivity index (χ3n) is 2.12. The Bertz CT molecular complexity index is 388. The highest BCUT2D eigenvalue weighted by Gasteiger charge is 2.25. The van der Waals surface area contributed by atoms with Crippen molar-refractivity contribution in [3.05, 3.63) is 22.4 Å². The third-order valence-corrected chi connectivity index (χ3v) is 5.81. The van der Waals surface area contributed by atoms with E-state index < -0.39 is 15.3 Å². The first-order chi connectivity index (χ1) is 6.98. The molecule has 0 saturated heterocycles. The van der Waals surface area contributed by atoms with Gasteiger partial charge in [-0.1, -0.05) is 6.07 Å². The zero-order valence-electron chi connectivity index (χ0n) is 8.68. The number of hydrogen-bond donors (Lipinski definition) is 0. The summed E-state index contributed by atoms with van der Waals surface area (Å²) in [5.74, 6) is 0.122.